The number of rotatable bonds is 8. The quantitative estimate of drug-likeness (QED) is 0.711. The van der Waals surface area contributed by atoms with Gasteiger partial charge in [-0.3, -0.25) is 4.79 Å². The molecular weight excluding hydrogens is 357 g/mol. The van der Waals surface area contributed by atoms with E-state index in [1.54, 1.807) is 12.1 Å². The molecule has 0 bridgehead atoms. The maximum absolute atomic E-state index is 12.8. The molecule has 0 aliphatic carbocycles. The van der Waals surface area contributed by atoms with Crippen LogP contribution in [-0.4, -0.2) is 39.8 Å². The lowest BCUT2D eigenvalue weighted by atomic mass is 10.1. The van der Waals surface area contributed by atoms with E-state index in [4.69, 9.17) is 18.9 Å². The minimum Gasteiger partial charge on any atom is -0.496 e. The molecule has 1 amide bonds. The van der Waals surface area contributed by atoms with Crippen LogP contribution in [-0.2, 0) is 16.1 Å². The number of hydrogen-bond donors (Lipinski definition) is 1. The molecule has 0 aliphatic rings. The highest BCUT2D eigenvalue weighted by Crippen LogP contribution is 2.34. The van der Waals surface area contributed by atoms with Gasteiger partial charge in [0.2, 0.25) is 0 Å². The van der Waals surface area contributed by atoms with Crippen molar-refractivity contribution in [3.8, 4) is 17.2 Å². The van der Waals surface area contributed by atoms with Crippen LogP contribution in [0.1, 0.15) is 15.9 Å². The topological polar surface area (TPSA) is 83.1 Å². The number of methoxy groups -OCH3 is 3. The molecule has 27 heavy (non-hydrogen) atoms. The van der Waals surface area contributed by atoms with Crippen molar-refractivity contribution in [1.82, 2.24) is 5.32 Å². The summed E-state index contributed by atoms with van der Waals surface area (Å²) in [7, 11) is 4.29. The molecule has 0 aromatic heterocycles. The second-order valence-corrected chi connectivity index (χ2v) is 5.39. The first-order chi connectivity index (χ1) is 13.0. The fourth-order valence-corrected chi connectivity index (χ4v) is 2.25. The van der Waals surface area contributed by atoms with E-state index in [0.717, 1.165) is 5.56 Å². The van der Waals surface area contributed by atoms with E-state index in [0.29, 0.717) is 11.5 Å². The fourth-order valence-electron chi connectivity index (χ4n) is 2.25. The van der Waals surface area contributed by atoms with E-state index in [1.807, 2.05) is 0 Å². The van der Waals surface area contributed by atoms with Crippen molar-refractivity contribution in [2.24, 2.45) is 0 Å². The molecule has 0 fully saturated rings. The molecule has 2 aromatic rings. The minimum atomic E-state index is -0.746. The van der Waals surface area contributed by atoms with Crippen LogP contribution in [0.2, 0.25) is 0 Å². The summed E-state index contributed by atoms with van der Waals surface area (Å²) in [5.74, 6) is -0.655. The lowest BCUT2D eigenvalue weighted by molar-refractivity contribution is -0.124. The minimum absolute atomic E-state index is 0.0986. The second kappa shape index (κ2) is 9.42. The molecule has 7 nitrogen and oxygen atoms in total. The van der Waals surface area contributed by atoms with Gasteiger partial charge >= 0.3 is 5.97 Å². The van der Waals surface area contributed by atoms with Gasteiger partial charge in [-0.15, -0.1) is 0 Å². The SMILES string of the molecule is COc1cc(OC)c(C(=O)OCC(=O)NCc2ccc(F)cc2)cc1OC. The van der Waals surface area contributed by atoms with Crippen LogP contribution in [0.4, 0.5) is 4.39 Å². The van der Waals surface area contributed by atoms with Gasteiger partial charge in [0.1, 0.15) is 17.1 Å². The third kappa shape index (κ3) is 5.34. The third-order valence-electron chi connectivity index (χ3n) is 3.66. The lowest BCUT2D eigenvalue weighted by Gasteiger charge is -2.13. The van der Waals surface area contributed by atoms with Crippen LogP contribution in [0.25, 0.3) is 0 Å². The van der Waals surface area contributed by atoms with Crippen LogP contribution in [0, 0.1) is 5.82 Å². The van der Waals surface area contributed by atoms with Gasteiger partial charge < -0.3 is 24.3 Å². The predicted molar refractivity (Wildman–Crippen MR) is 94.6 cm³/mol. The number of benzene rings is 2. The van der Waals surface area contributed by atoms with Gasteiger partial charge in [-0.05, 0) is 17.7 Å². The van der Waals surface area contributed by atoms with Crippen LogP contribution >= 0.6 is 0 Å². The largest absolute Gasteiger partial charge is 0.496 e. The van der Waals surface area contributed by atoms with Crippen LogP contribution in [0.15, 0.2) is 36.4 Å². The summed E-state index contributed by atoms with van der Waals surface area (Å²) in [4.78, 5) is 24.1. The van der Waals surface area contributed by atoms with Gasteiger partial charge in [0.05, 0.1) is 21.3 Å². The van der Waals surface area contributed by atoms with Gasteiger partial charge in [-0.1, -0.05) is 12.1 Å². The van der Waals surface area contributed by atoms with Crippen LogP contribution in [0.3, 0.4) is 0 Å². The van der Waals surface area contributed by atoms with E-state index in [-0.39, 0.29) is 23.7 Å². The Bertz CT molecular complexity index is 807. The predicted octanol–water partition coefficient (Wildman–Crippen LogP) is 2.32. The molecular formula is C19H20FNO6. The average Bonchev–Trinajstić information content (AvgIpc) is 2.70. The highest BCUT2D eigenvalue weighted by molar-refractivity contribution is 5.95. The number of hydrogen-bond acceptors (Lipinski definition) is 6. The second-order valence-electron chi connectivity index (χ2n) is 5.39. The highest BCUT2D eigenvalue weighted by Gasteiger charge is 2.19. The monoisotopic (exact) mass is 377 g/mol. The van der Waals surface area contributed by atoms with Crippen molar-refractivity contribution in [3.63, 3.8) is 0 Å². The number of ether oxygens (including phenoxy) is 4. The summed E-state index contributed by atoms with van der Waals surface area (Å²) >= 11 is 0. The van der Waals surface area contributed by atoms with Crippen molar-refractivity contribution in [1.29, 1.82) is 0 Å². The number of amides is 1. The molecule has 0 saturated heterocycles. The number of carbonyl (C=O) groups is 2. The van der Waals surface area contributed by atoms with Gasteiger partial charge in [0.15, 0.2) is 18.1 Å². The maximum atomic E-state index is 12.8. The highest BCUT2D eigenvalue weighted by atomic mass is 19.1. The third-order valence-corrected chi connectivity index (χ3v) is 3.66. The van der Waals surface area contributed by atoms with Gasteiger partial charge in [-0.25, -0.2) is 9.18 Å². The first kappa shape index (κ1) is 20.0. The summed E-state index contributed by atoms with van der Waals surface area (Å²) in [6.07, 6.45) is 0. The maximum Gasteiger partial charge on any atom is 0.342 e. The molecule has 0 aliphatic heterocycles. The van der Waals surface area contributed by atoms with Gasteiger partial charge in [0.25, 0.3) is 5.91 Å². The molecule has 144 valence electrons. The Morgan fingerprint density at radius 1 is 0.926 bits per heavy atom. The Morgan fingerprint density at radius 2 is 1.52 bits per heavy atom. The molecule has 1 N–H and O–H groups in total. The average molecular weight is 377 g/mol. The first-order valence-electron chi connectivity index (χ1n) is 7.96. The summed E-state index contributed by atoms with van der Waals surface area (Å²) in [6.45, 7) is -0.284. The van der Waals surface area contributed by atoms with E-state index in [9.17, 15) is 14.0 Å². The molecule has 2 aromatic carbocycles. The number of nitrogens with one attached hydrogen (secondary N) is 1. The number of esters is 1. The van der Waals surface area contributed by atoms with Crippen molar-refractivity contribution >= 4 is 11.9 Å². The van der Waals surface area contributed by atoms with Gasteiger partial charge in [-0.2, -0.15) is 0 Å². The standard InChI is InChI=1S/C19H20FNO6/c1-24-15-9-17(26-3)16(25-2)8-14(15)19(23)27-11-18(22)21-10-12-4-6-13(20)7-5-12/h4-9H,10-11H2,1-3H3,(H,21,22). The van der Waals surface area contributed by atoms with E-state index in [1.165, 1.54) is 45.6 Å². The van der Waals surface area contributed by atoms with E-state index >= 15 is 0 Å². The fraction of sp³-hybridized carbons (Fsp3) is 0.263. The Balaban J connectivity index is 1.96. The zero-order chi connectivity index (χ0) is 19.8. The van der Waals surface area contributed by atoms with Crippen LogP contribution in [0.5, 0.6) is 17.2 Å². The summed E-state index contributed by atoms with van der Waals surface area (Å²) < 4.78 is 33.3. The summed E-state index contributed by atoms with van der Waals surface area (Å²) in [5, 5.41) is 2.58. The molecule has 8 heteroatoms. The molecule has 0 saturated carbocycles. The van der Waals surface area contributed by atoms with E-state index < -0.39 is 18.5 Å². The Labute approximate surface area is 156 Å². The molecule has 0 atom stereocenters. The van der Waals surface area contributed by atoms with Crippen molar-refractivity contribution in [2.45, 2.75) is 6.54 Å². The molecule has 0 radical (unpaired) electrons. The van der Waals surface area contributed by atoms with Crippen LogP contribution < -0.4 is 19.5 Å². The zero-order valence-corrected chi connectivity index (χ0v) is 15.2. The zero-order valence-electron chi connectivity index (χ0n) is 15.2. The lowest BCUT2D eigenvalue weighted by Crippen LogP contribution is -2.28. The number of halogens is 1. The molecule has 0 spiro atoms. The van der Waals surface area contributed by atoms with E-state index in [2.05, 4.69) is 5.32 Å². The Morgan fingerprint density at radius 3 is 2.11 bits per heavy atom. The normalized spacial score (nSPS) is 10.1. The number of carbonyl (C=O) groups excluding carboxylic acids is 2. The first-order valence-corrected chi connectivity index (χ1v) is 7.96. The molecule has 0 heterocycles. The van der Waals surface area contributed by atoms with Crippen molar-refractivity contribution in [3.05, 3.63) is 53.3 Å². The smallest absolute Gasteiger partial charge is 0.342 e. The van der Waals surface area contributed by atoms with Gasteiger partial charge in [0, 0.05) is 18.7 Å². The summed E-state index contributed by atoms with van der Waals surface area (Å²) in [5.41, 5.74) is 0.819. The Kier molecular flexibility index (Phi) is 6.99. The molecule has 2 rings (SSSR count). The Hall–Kier alpha value is -3.29. The van der Waals surface area contributed by atoms with Crippen molar-refractivity contribution < 1.29 is 32.9 Å². The summed E-state index contributed by atoms with van der Waals surface area (Å²) in [6, 6.07) is 8.60. The van der Waals surface area contributed by atoms with Crippen molar-refractivity contribution in [2.75, 3.05) is 27.9 Å². The molecule has 0 unspecified atom stereocenters.